The molecule has 1 N–H and O–H groups in total. The normalized spacial score (nSPS) is 16.1. The zero-order valence-electron chi connectivity index (χ0n) is 14.0. The Hall–Kier alpha value is -2.69. The van der Waals surface area contributed by atoms with Gasteiger partial charge in [-0.1, -0.05) is 30.3 Å². The average molecular weight is 326 g/mol. The van der Waals surface area contributed by atoms with Gasteiger partial charge >= 0.3 is 0 Å². The number of carbonyl (C=O) groups is 1. The second-order valence-electron chi connectivity index (χ2n) is 5.75. The van der Waals surface area contributed by atoms with Crippen molar-refractivity contribution in [2.24, 2.45) is 0 Å². The van der Waals surface area contributed by atoms with E-state index >= 15 is 0 Å². The highest BCUT2D eigenvalue weighted by atomic mass is 16.5. The third-order valence-corrected chi connectivity index (χ3v) is 4.16. The topological polar surface area (TPSA) is 50.8 Å². The van der Waals surface area contributed by atoms with Crippen molar-refractivity contribution in [3.05, 3.63) is 54.1 Å². The Morgan fingerprint density at radius 3 is 2.79 bits per heavy atom. The molecule has 0 aliphatic carbocycles. The summed E-state index contributed by atoms with van der Waals surface area (Å²) < 4.78 is 11.3. The Labute approximate surface area is 142 Å². The number of ether oxygens (including phenoxy) is 2. The van der Waals surface area contributed by atoms with Crippen LogP contribution in [0, 0.1) is 0 Å². The Balaban J connectivity index is 1.92. The number of benzene rings is 2. The van der Waals surface area contributed by atoms with Crippen LogP contribution in [0.5, 0.6) is 11.5 Å². The molecule has 0 radical (unpaired) electrons. The molecule has 1 unspecified atom stereocenters. The van der Waals surface area contributed by atoms with Gasteiger partial charge in [0.15, 0.2) is 0 Å². The van der Waals surface area contributed by atoms with E-state index in [4.69, 9.17) is 9.47 Å². The molecule has 126 valence electrons. The van der Waals surface area contributed by atoms with Gasteiger partial charge in [0.1, 0.15) is 18.1 Å². The summed E-state index contributed by atoms with van der Waals surface area (Å²) in [5.74, 6) is 1.60. The first-order valence-electron chi connectivity index (χ1n) is 8.06. The van der Waals surface area contributed by atoms with Crippen LogP contribution >= 0.6 is 0 Å². The Kier molecular flexibility index (Phi) is 4.89. The lowest BCUT2D eigenvalue weighted by Gasteiger charge is -2.39. The number of nitrogens with one attached hydrogen (secondary N) is 1. The van der Waals surface area contributed by atoms with E-state index in [1.807, 2.05) is 36.4 Å². The van der Waals surface area contributed by atoms with Gasteiger partial charge in [0.25, 0.3) is 0 Å². The lowest BCUT2D eigenvalue weighted by molar-refractivity contribution is -0.118. The van der Waals surface area contributed by atoms with Crippen LogP contribution in [0.2, 0.25) is 0 Å². The van der Waals surface area contributed by atoms with Gasteiger partial charge in [0.2, 0.25) is 5.91 Å². The minimum absolute atomic E-state index is 0.0228. The van der Waals surface area contributed by atoms with Gasteiger partial charge in [-0.3, -0.25) is 4.79 Å². The zero-order valence-corrected chi connectivity index (χ0v) is 14.0. The molecule has 5 nitrogen and oxygen atoms in total. The van der Waals surface area contributed by atoms with E-state index in [0.717, 1.165) is 17.2 Å². The lowest BCUT2D eigenvalue weighted by atomic mass is 10.0. The Morgan fingerprint density at radius 2 is 2.08 bits per heavy atom. The molecule has 1 aliphatic heterocycles. The summed E-state index contributed by atoms with van der Waals surface area (Å²) in [6, 6.07) is 16.2. The van der Waals surface area contributed by atoms with Crippen molar-refractivity contribution in [2.45, 2.75) is 13.0 Å². The van der Waals surface area contributed by atoms with Crippen LogP contribution in [-0.4, -0.2) is 32.7 Å². The Morgan fingerprint density at radius 1 is 1.29 bits per heavy atom. The molecular formula is C19H22N2O3. The van der Waals surface area contributed by atoms with E-state index in [1.165, 1.54) is 12.5 Å². The number of rotatable bonds is 5. The molecule has 24 heavy (non-hydrogen) atoms. The highest BCUT2D eigenvalue weighted by Gasteiger charge is 2.29. The molecule has 1 atom stereocenters. The maximum Gasteiger partial charge on any atom is 0.216 e. The van der Waals surface area contributed by atoms with E-state index < -0.39 is 0 Å². The van der Waals surface area contributed by atoms with Crippen molar-refractivity contribution >= 4 is 11.6 Å². The van der Waals surface area contributed by atoms with Crippen molar-refractivity contribution in [2.75, 3.05) is 31.7 Å². The number of fused-ring (bicyclic) bond motifs is 1. The van der Waals surface area contributed by atoms with Crippen molar-refractivity contribution in [1.82, 2.24) is 5.32 Å². The highest BCUT2D eigenvalue weighted by molar-refractivity contribution is 5.73. The molecule has 2 aromatic rings. The first kappa shape index (κ1) is 16.2. The fraction of sp³-hybridized carbons (Fsp3) is 0.316. The number of hydrogen-bond donors (Lipinski definition) is 1. The summed E-state index contributed by atoms with van der Waals surface area (Å²) in [4.78, 5) is 13.5. The number of nitrogens with zero attached hydrogens (tertiary/aromatic N) is 1. The third kappa shape index (κ3) is 3.45. The molecule has 5 heteroatoms. The van der Waals surface area contributed by atoms with E-state index in [9.17, 15) is 4.79 Å². The second-order valence-corrected chi connectivity index (χ2v) is 5.75. The number of hydrogen-bond acceptors (Lipinski definition) is 4. The van der Waals surface area contributed by atoms with Gasteiger partial charge in [-0.05, 0) is 17.7 Å². The van der Waals surface area contributed by atoms with Crippen molar-refractivity contribution in [3.8, 4) is 11.5 Å². The van der Waals surface area contributed by atoms with Gasteiger partial charge in [0, 0.05) is 26.1 Å². The molecular weight excluding hydrogens is 304 g/mol. The minimum atomic E-state index is -0.0228. The van der Waals surface area contributed by atoms with E-state index in [1.54, 1.807) is 7.11 Å². The largest absolute Gasteiger partial charge is 0.497 e. The fourth-order valence-electron chi connectivity index (χ4n) is 2.98. The molecule has 1 aliphatic rings. The average Bonchev–Trinajstić information content (AvgIpc) is 2.61. The van der Waals surface area contributed by atoms with Crippen LogP contribution in [0.15, 0.2) is 48.5 Å². The van der Waals surface area contributed by atoms with Gasteiger partial charge in [0.05, 0.1) is 18.8 Å². The standard InChI is InChI=1S/C19H22N2O3/c1-14(22)20-10-11-21-17-12-16(23-2)8-9-19(17)24-13-18(21)15-6-4-3-5-7-15/h3-9,12,18H,10-11,13H2,1-2H3,(H,20,22). The molecule has 0 aromatic heterocycles. The van der Waals surface area contributed by atoms with E-state index in [0.29, 0.717) is 19.7 Å². The van der Waals surface area contributed by atoms with Crippen LogP contribution in [0.4, 0.5) is 5.69 Å². The monoisotopic (exact) mass is 326 g/mol. The van der Waals surface area contributed by atoms with Crippen LogP contribution in [0.25, 0.3) is 0 Å². The number of amides is 1. The quantitative estimate of drug-likeness (QED) is 0.918. The number of anilines is 1. The summed E-state index contributed by atoms with van der Waals surface area (Å²) in [6.45, 7) is 3.38. The predicted molar refractivity (Wildman–Crippen MR) is 93.7 cm³/mol. The van der Waals surface area contributed by atoms with Gasteiger partial charge in [-0.15, -0.1) is 0 Å². The first-order chi connectivity index (χ1) is 11.7. The second kappa shape index (κ2) is 7.25. The molecule has 1 amide bonds. The maximum atomic E-state index is 11.2. The van der Waals surface area contributed by atoms with Gasteiger partial charge in [-0.25, -0.2) is 0 Å². The van der Waals surface area contributed by atoms with Crippen LogP contribution in [0.1, 0.15) is 18.5 Å². The van der Waals surface area contributed by atoms with Crippen molar-refractivity contribution in [1.29, 1.82) is 0 Å². The van der Waals surface area contributed by atoms with Gasteiger partial charge < -0.3 is 19.7 Å². The molecule has 0 saturated carbocycles. The third-order valence-electron chi connectivity index (χ3n) is 4.16. The number of carbonyl (C=O) groups excluding carboxylic acids is 1. The summed E-state index contributed by atoms with van der Waals surface area (Å²) in [6.07, 6.45) is 0. The van der Waals surface area contributed by atoms with E-state index in [2.05, 4.69) is 22.3 Å². The van der Waals surface area contributed by atoms with Gasteiger partial charge in [-0.2, -0.15) is 0 Å². The zero-order chi connectivity index (χ0) is 16.9. The molecule has 0 spiro atoms. The smallest absolute Gasteiger partial charge is 0.216 e. The molecule has 1 heterocycles. The van der Waals surface area contributed by atoms with E-state index in [-0.39, 0.29) is 11.9 Å². The van der Waals surface area contributed by atoms with Crippen molar-refractivity contribution in [3.63, 3.8) is 0 Å². The molecule has 0 saturated heterocycles. The summed E-state index contributed by atoms with van der Waals surface area (Å²) in [5.41, 5.74) is 2.17. The Bertz CT molecular complexity index is 703. The summed E-state index contributed by atoms with van der Waals surface area (Å²) in [7, 11) is 1.65. The predicted octanol–water partition coefficient (Wildman–Crippen LogP) is 2.77. The first-order valence-corrected chi connectivity index (χ1v) is 8.06. The fourth-order valence-corrected chi connectivity index (χ4v) is 2.98. The molecule has 3 rings (SSSR count). The number of methoxy groups -OCH3 is 1. The molecule has 0 fully saturated rings. The van der Waals surface area contributed by atoms with Crippen LogP contribution < -0.4 is 19.7 Å². The highest BCUT2D eigenvalue weighted by Crippen LogP contribution is 2.41. The van der Waals surface area contributed by atoms with Crippen LogP contribution in [0.3, 0.4) is 0 Å². The lowest BCUT2D eigenvalue weighted by Crippen LogP contribution is -2.41. The maximum absolute atomic E-state index is 11.2. The molecule has 0 bridgehead atoms. The van der Waals surface area contributed by atoms with Crippen molar-refractivity contribution < 1.29 is 14.3 Å². The minimum Gasteiger partial charge on any atom is -0.497 e. The summed E-state index contributed by atoms with van der Waals surface area (Å²) >= 11 is 0. The summed E-state index contributed by atoms with van der Waals surface area (Å²) in [5, 5.41) is 2.87. The molecule has 2 aromatic carbocycles. The SMILES string of the molecule is COc1ccc2c(c1)N(CCNC(C)=O)C(c1ccccc1)CO2. The van der Waals surface area contributed by atoms with Crippen LogP contribution in [-0.2, 0) is 4.79 Å².